The Hall–Kier alpha value is -2.58. The summed E-state index contributed by atoms with van der Waals surface area (Å²) in [4.78, 5) is 24.8. The molecule has 0 aromatic carbocycles. The van der Waals surface area contributed by atoms with Crippen LogP contribution in [0.25, 0.3) is 11.0 Å². The number of aromatic amines is 1. The van der Waals surface area contributed by atoms with Crippen LogP contribution in [0, 0.1) is 6.92 Å². The molecule has 2 N–H and O–H groups in total. The number of aromatic nitrogens is 4. The molecule has 3 aromatic rings. The monoisotopic (exact) mass is 447 g/mol. The number of halogens is 2. The molecule has 0 fully saturated rings. The van der Waals surface area contributed by atoms with Gasteiger partial charge < -0.3 is 4.98 Å². The third-order valence-electron chi connectivity index (χ3n) is 5.23. The first kappa shape index (κ1) is 20.7. The average Bonchev–Trinajstić information content (AvgIpc) is 3.22. The van der Waals surface area contributed by atoms with Crippen molar-refractivity contribution in [1.29, 1.82) is 0 Å². The maximum absolute atomic E-state index is 12.8. The first-order valence-electron chi connectivity index (χ1n) is 9.62. The Bertz CT molecular complexity index is 1180. The van der Waals surface area contributed by atoms with Crippen molar-refractivity contribution in [3.8, 4) is 0 Å². The van der Waals surface area contributed by atoms with E-state index in [9.17, 15) is 4.79 Å². The summed E-state index contributed by atoms with van der Waals surface area (Å²) in [5.74, 6) is 0.600. The zero-order valence-corrected chi connectivity index (χ0v) is 18.9. The van der Waals surface area contributed by atoms with Gasteiger partial charge in [0.15, 0.2) is 11.1 Å². The van der Waals surface area contributed by atoms with Crippen LogP contribution in [0.15, 0.2) is 17.1 Å². The van der Waals surface area contributed by atoms with E-state index in [-0.39, 0.29) is 11.8 Å². The molecule has 1 aliphatic rings. The van der Waals surface area contributed by atoms with Gasteiger partial charge in [0, 0.05) is 37.2 Å². The van der Waals surface area contributed by atoms with Crippen LogP contribution in [-0.2, 0) is 13.5 Å². The number of alkyl halides is 1. The van der Waals surface area contributed by atoms with Crippen molar-refractivity contribution in [2.75, 3.05) is 12.1 Å². The number of hydrogen-bond acceptors (Lipinski definition) is 5. The van der Waals surface area contributed by atoms with E-state index in [1.54, 1.807) is 22.8 Å². The third kappa shape index (κ3) is 3.54. The van der Waals surface area contributed by atoms with Crippen molar-refractivity contribution < 1.29 is 4.79 Å². The largest absolute Gasteiger partial charge is 0.354 e. The number of carbonyl (C=O) groups excluding carboxylic acids is 1. The Morgan fingerprint density at radius 3 is 2.83 bits per heavy atom. The van der Waals surface area contributed by atoms with Crippen molar-refractivity contribution >= 4 is 51.1 Å². The van der Waals surface area contributed by atoms with Gasteiger partial charge in [0.05, 0.1) is 5.69 Å². The van der Waals surface area contributed by atoms with Crippen LogP contribution >= 0.6 is 23.2 Å². The van der Waals surface area contributed by atoms with Gasteiger partial charge in [0.25, 0.3) is 5.91 Å². The first-order valence-corrected chi connectivity index (χ1v) is 10.4. The summed E-state index contributed by atoms with van der Waals surface area (Å²) in [7, 11) is 3.63. The topological polar surface area (TPSA) is 91.2 Å². The van der Waals surface area contributed by atoms with Crippen LogP contribution in [0.5, 0.6) is 0 Å². The molecule has 4 rings (SSSR count). The van der Waals surface area contributed by atoms with Crippen molar-refractivity contribution in [3.63, 3.8) is 0 Å². The molecule has 1 aliphatic heterocycles. The van der Waals surface area contributed by atoms with Crippen LogP contribution in [-0.4, -0.2) is 37.9 Å². The number of anilines is 1. The van der Waals surface area contributed by atoms with Crippen LogP contribution in [0.1, 0.15) is 58.3 Å². The molecule has 3 aromatic heterocycles. The van der Waals surface area contributed by atoms with Crippen molar-refractivity contribution in [1.82, 2.24) is 25.2 Å². The molecule has 4 heterocycles. The van der Waals surface area contributed by atoms with Gasteiger partial charge in [-0.3, -0.25) is 24.9 Å². The number of hydrazine groups is 1. The number of nitrogens with zero attached hydrogens (tertiary/aromatic N) is 5. The maximum atomic E-state index is 12.8. The fourth-order valence-electron chi connectivity index (χ4n) is 3.74. The minimum Gasteiger partial charge on any atom is -0.354 e. The van der Waals surface area contributed by atoms with Crippen LogP contribution in [0.4, 0.5) is 5.82 Å². The number of aliphatic imine (C=N–C) groups is 1. The highest BCUT2D eigenvalue weighted by atomic mass is 35.5. The molecular weight excluding hydrogens is 425 g/mol. The average molecular weight is 448 g/mol. The number of amides is 1. The number of hydrogen-bond donors (Lipinski definition) is 2. The smallest absolute Gasteiger partial charge is 0.286 e. The predicted octanol–water partition coefficient (Wildman–Crippen LogP) is 3.94. The van der Waals surface area contributed by atoms with Crippen molar-refractivity contribution in [2.24, 2.45) is 12.0 Å². The SMILES string of the molecule is Cc1nn(C)c2nc(N(C)NC(=O)c3cc4c([nH]3)CC(Cl)=NC4Cl)cc(C(C)C)c12. The second-order valence-electron chi connectivity index (χ2n) is 7.77. The standard InChI is InChI=1S/C20H23Cl2N7O/c1-9(2)11-7-16(25-19-17(11)10(3)26-29(19)5)28(4)27-20(30)14-6-12-13(23-14)8-15(21)24-18(12)22/h6-7,9,18,23H,8H2,1-5H3,(H,27,30). The molecule has 0 spiro atoms. The van der Waals surface area contributed by atoms with E-state index in [0.717, 1.165) is 33.5 Å². The molecule has 1 amide bonds. The van der Waals surface area contributed by atoms with E-state index in [2.05, 4.69) is 34.3 Å². The molecule has 10 heteroatoms. The molecular formula is C20H23Cl2N7O. The fraction of sp³-hybridized carbons (Fsp3) is 0.400. The number of pyridine rings is 1. The molecule has 8 nitrogen and oxygen atoms in total. The van der Waals surface area contributed by atoms with E-state index >= 15 is 0 Å². The molecule has 0 bridgehead atoms. The Morgan fingerprint density at radius 2 is 2.13 bits per heavy atom. The number of aryl methyl sites for hydroxylation is 2. The summed E-state index contributed by atoms with van der Waals surface area (Å²) in [6, 6.07) is 3.70. The van der Waals surface area contributed by atoms with E-state index in [1.807, 2.05) is 20.0 Å². The van der Waals surface area contributed by atoms with Gasteiger partial charge in [0.1, 0.15) is 16.7 Å². The minimum atomic E-state index is -0.595. The normalized spacial score (nSPS) is 16.0. The highest BCUT2D eigenvalue weighted by Gasteiger charge is 2.24. The van der Waals surface area contributed by atoms with Gasteiger partial charge in [-0.25, -0.2) is 4.98 Å². The fourth-order valence-corrected chi connectivity index (χ4v) is 4.33. The van der Waals surface area contributed by atoms with E-state index in [4.69, 9.17) is 28.2 Å². The quantitative estimate of drug-likeness (QED) is 0.359. The second-order valence-corrected chi connectivity index (χ2v) is 8.62. The molecule has 1 unspecified atom stereocenters. The Balaban J connectivity index is 1.62. The first-order chi connectivity index (χ1) is 14.2. The summed E-state index contributed by atoms with van der Waals surface area (Å²) in [5, 5.41) is 7.58. The van der Waals surface area contributed by atoms with Gasteiger partial charge in [-0.2, -0.15) is 5.10 Å². The zero-order chi connectivity index (χ0) is 21.7. The molecule has 30 heavy (non-hydrogen) atoms. The number of nitrogens with one attached hydrogen (secondary N) is 2. The lowest BCUT2D eigenvalue weighted by atomic mass is 10.00. The molecule has 0 aliphatic carbocycles. The Kier molecular flexibility index (Phi) is 5.23. The third-order valence-corrected chi connectivity index (χ3v) is 5.80. The minimum absolute atomic E-state index is 0.279. The van der Waals surface area contributed by atoms with Gasteiger partial charge >= 0.3 is 0 Å². The van der Waals surface area contributed by atoms with E-state index in [1.165, 1.54) is 0 Å². The van der Waals surface area contributed by atoms with Gasteiger partial charge in [-0.15, -0.1) is 0 Å². The van der Waals surface area contributed by atoms with Crippen molar-refractivity contribution in [2.45, 2.75) is 38.6 Å². The van der Waals surface area contributed by atoms with E-state index < -0.39 is 5.50 Å². The summed E-state index contributed by atoms with van der Waals surface area (Å²) in [5.41, 5.74) is 7.08. The van der Waals surface area contributed by atoms with E-state index in [0.29, 0.717) is 23.1 Å². The number of fused-ring (bicyclic) bond motifs is 2. The summed E-state index contributed by atoms with van der Waals surface area (Å²) in [6.07, 6.45) is 0.430. The molecule has 0 saturated carbocycles. The molecule has 0 saturated heterocycles. The zero-order valence-electron chi connectivity index (χ0n) is 17.4. The highest BCUT2D eigenvalue weighted by Crippen LogP contribution is 2.32. The van der Waals surface area contributed by atoms with Crippen LogP contribution < -0.4 is 10.4 Å². The Morgan fingerprint density at radius 1 is 1.40 bits per heavy atom. The highest BCUT2D eigenvalue weighted by molar-refractivity contribution is 6.66. The number of H-pyrrole nitrogens is 1. The lowest BCUT2D eigenvalue weighted by Crippen LogP contribution is -2.40. The predicted molar refractivity (Wildman–Crippen MR) is 120 cm³/mol. The molecule has 0 radical (unpaired) electrons. The molecule has 1 atom stereocenters. The summed E-state index contributed by atoms with van der Waals surface area (Å²) in [6.45, 7) is 6.24. The van der Waals surface area contributed by atoms with Crippen LogP contribution in [0.3, 0.4) is 0 Å². The summed E-state index contributed by atoms with van der Waals surface area (Å²) < 4.78 is 1.76. The molecule has 158 valence electrons. The van der Waals surface area contributed by atoms with Crippen LogP contribution in [0.2, 0.25) is 0 Å². The van der Waals surface area contributed by atoms with Crippen molar-refractivity contribution in [3.05, 3.63) is 40.3 Å². The van der Waals surface area contributed by atoms with Gasteiger partial charge in [-0.05, 0) is 30.5 Å². The Labute approximate surface area is 184 Å². The van der Waals surface area contributed by atoms with Gasteiger partial charge in [-0.1, -0.05) is 37.0 Å². The lowest BCUT2D eigenvalue weighted by molar-refractivity contribution is 0.0946. The van der Waals surface area contributed by atoms with Gasteiger partial charge in [0.2, 0.25) is 0 Å². The second kappa shape index (κ2) is 7.59. The lowest BCUT2D eigenvalue weighted by Gasteiger charge is -2.21. The maximum Gasteiger partial charge on any atom is 0.286 e. The number of carbonyl (C=O) groups is 1. The number of rotatable bonds is 4. The summed E-state index contributed by atoms with van der Waals surface area (Å²) >= 11 is 12.2.